The standard InChI is InChI=1S/C22H25N5O5/c23-16-7-4-10-27(22(16)32)13-18(28)26-17(11-15-8-9-24-20(15)30)19(29)21(31)25-12-14-5-2-1-3-6-14/h1-7,10,15,17H,8-9,11-13,23H2,(H,24,30)(H,25,31)(H,26,28). The molecule has 1 saturated heterocycles. The van der Waals surface area contributed by atoms with Crippen molar-refractivity contribution in [2.24, 2.45) is 5.92 Å². The number of benzene rings is 1. The van der Waals surface area contributed by atoms with Crippen LogP contribution in [0.5, 0.6) is 0 Å². The average molecular weight is 439 g/mol. The summed E-state index contributed by atoms with van der Waals surface area (Å²) in [4.78, 5) is 61.9. The van der Waals surface area contributed by atoms with Crippen LogP contribution in [0.3, 0.4) is 0 Å². The van der Waals surface area contributed by atoms with Gasteiger partial charge in [-0.15, -0.1) is 0 Å². The molecule has 2 unspecified atom stereocenters. The van der Waals surface area contributed by atoms with Crippen LogP contribution in [0.2, 0.25) is 0 Å². The summed E-state index contributed by atoms with van der Waals surface area (Å²) in [6, 6.07) is 10.8. The third-order valence-electron chi connectivity index (χ3n) is 5.22. The van der Waals surface area contributed by atoms with Crippen molar-refractivity contribution in [2.45, 2.75) is 32.0 Å². The highest BCUT2D eigenvalue weighted by Crippen LogP contribution is 2.17. The largest absolute Gasteiger partial charge is 0.394 e. The first-order valence-electron chi connectivity index (χ1n) is 10.2. The normalized spacial score (nSPS) is 16.1. The number of carbonyl (C=O) groups is 4. The molecule has 1 aromatic heterocycles. The minimum Gasteiger partial charge on any atom is -0.394 e. The smallest absolute Gasteiger partial charge is 0.289 e. The second-order valence-corrected chi connectivity index (χ2v) is 7.56. The number of aromatic nitrogens is 1. The van der Waals surface area contributed by atoms with Crippen molar-refractivity contribution in [1.29, 1.82) is 0 Å². The van der Waals surface area contributed by atoms with Gasteiger partial charge in [-0.3, -0.25) is 24.0 Å². The predicted octanol–water partition coefficient (Wildman–Crippen LogP) is -0.673. The number of amides is 3. The second-order valence-electron chi connectivity index (χ2n) is 7.56. The molecule has 1 fully saturated rings. The molecule has 0 aliphatic carbocycles. The number of nitrogen functional groups attached to an aromatic ring is 1. The molecule has 0 saturated carbocycles. The number of nitrogens with two attached hydrogens (primary N) is 1. The van der Waals surface area contributed by atoms with E-state index in [4.69, 9.17) is 5.73 Å². The molecule has 5 N–H and O–H groups in total. The van der Waals surface area contributed by atoms with Crippen LogP contribution in [0.25, 0.3) is 0 Å². The van der Waals surface area contributed by atoms with Crippen LogP contribution < -0.4 is 27.2 Å². The third-order valence-corrected chi connectivity index (χ3v) is 5.22. The summed E-state index contributed by atoms with van der Waals surface area (Å²) in [6.45, 7) is 0.238. The second kappa shape index (κ2) is 10.4. The highest BCUT2D eigenvalue weighted by atomic mass is 16.2. The first-order valence-corrected chi connectivity index (χ1v) is 10.2. The summed E-state index contributed by atoms with van der Waals surface area (Å²) in [5, 5.41) is 7.73. The van der Waals surface area contributed by atoms with Crippen molar-refractivity contribution in [2.75, 3.05) is 12.3 Å². The Balaban J connectivity index is 1.69. The molecule has 10 nitrogen and oxygen atoms in total. The molecule has 2 aromatic rings. The molecular formula is C22H25N5O5. The summed E-state index contributed by atoms with van der Waals surface area (Å²) in [5.41, 5.74) is 5.83. The van der Waals surface area contributed by atoms with E-state index in [0.717, 1.165) is 10.1 Å². The zero-order valence-corrected chi connectivity index (χ0v) is 17.4. The van der Waals surface area contributed by atoms with Crippen molar-refractivity contribution in [3.05, 3.63) is 64.6 Å². The minimum absolute atomic E-state index is 0.0129. The first kappa shape index (κ1) is 22.7. The van der Waals surface area contributed by atoms with Crippen LogP contribution >= 0.6 is 0 Å². The summed E-state index contributed by atoms with van der Waals surface area (Å²) in [7, 11) is 0. The Morgan fingerprint density at radius 1 is 1.12 bits per heavy atom. The monoisotopic (exact) mass is 439 g/mol. The van der Waals surface area contributed by atoms with E-state index in [1.807, 2.05) is 18.2 Å². The predicted molar refractivity (Wildman–Crippen MR) is 116 cm³/mol. The summed E-state index contributed by atoms with van der Waals surface area (Å²) < 4.78 is 1.10. The number of carbonyl (C=O) groups excluding carboxylic acids is 4. The fourth-order valence-electron chi connectivity index (χ4n) is 3.48. The Labute approximate surface area is 184 Å². The van der Waals surface area contributed by atoms with Gasteiger partial charge in [0, 0.05) is 25.2 Å². The van der Waals surface area contributed by atoms with Crippen LogP contribution in [-0.4, -0.2) is 40.7 Å². The Hall–Kier alpha value is -3.95. The number of hydrogen-bond donors (Lipinski definition) is 4. The van der Waals surface area contributed by atoms with Gasteiger partial charge in [-0.05, 0) is 30.5 Å². The number of ketones is 1. The van der Waals surface area contributed by atoms with Gasteiger partial charge in [-0.1, -0.05) is 30.3 Å². The van der Waals surface area contributed by atoms with Gasteiger partial charge in [-0.25, -0.2) is 0 Å². The molecule has 1 aromatic carbocycles. The van der Waals surface area contributed by atoms with Gasteiger partial charge in [0.05, 0.1) is 11.7 Å². The molecule has 0 radical (unpaired) electrons. The minimum atomic E-state index is -1.20. The molecule has 10 heteroatoms. The van der Waals surface area contributed by atoms with Crippen molar-refractivity contribution >= 4 is 29.2 Å². The van der Waals surface area contributed by atoms with E-state index in [1.165, 1.54) is 18.3 Å². The van der Waals surface area contributed by atoms with Crippen molar-refractivity contribution in [1.82, 2.24) is 20.5 Å². The third kappa shape index (κ3) is 5.81. The maximum absolute atomic E-state index is 12.8. The van der Waals surface area contributed by atoms with Gasteiger partial charge < -0.3 is 26.3 Å². The average Bonchev–Trinajstić information content (AvgIpc) is 3.19. The zero-order valence-electron chi connectivity index (χ0n) is 17.4. The SMILES string of the molecule is Nc1cccn(CC(=O)NC(CC2CCNC2=O)C(=O)C(=O)NCc2ccccc2)c1=O. The molecule has 1 aliphatic rings. The molecule has 168 valence electrons. The van der Waals surface area contributed by atoms with E-state index in [2.05, 4.69) is 16.0 Å². The fraction of sp³-hybridized carbons (Fsp3) is 0.318. The quantitative estimate of drug-likeness (QED) is 0.380. The Morgan fingerprint density at radius 2 is 1.88 bits per heavy atom. The Bertz CT molecular complexity index is 1070. The van der Waals surface area contributed by atoms with E-state index < -0.39 is 35.1 Å². The van der Waals surface area contributed by atoms with Crippen LogP contribution in [0.1, 0.15) is 18.4 Å². The molecule has 1 aliphatic heterocycles. The molecule has 32 heavy (non-hydrogen) atoms. The van der Waals surface area contributed by atoms with E-state index in [1.54, 1.807) is 12.1 Å². The van der Waals surface area contributed by atoms with Crippen molar-refractivity contribution in [3.63, 3.8) is 0 Å². The zero-order chi connectivity index (χ0) is 23.1. The Kier molecular flexibility index (Phi) is 7.37. The van der Waals surface area contributed by atoms with Gasteiger partial charge in [0.15, 0.2) is 0 Å². The summed E-state index contributed by atoms with van der Waals surface area (Å²) in [5.74, 6) is -3.09. The van der Waals surface area contributed by atoms with E-state index in [-0.39, 0.29) is 31.1 Å². The Morgan fingerprint density at radius 3 is 2.56 bits per heavy atom. The number of hydrogen-bond acceptors (Lipinski definition) is 6. The lowest BCUT2D eigenvalue weighted by Gasteiger charge is -2.20. The summed E-state index contributed by atoms with van der Waals surface area (Å²) >= 11 is 0. The molecule has 2 atom stereocenters. The molecule has 3 amide bonds. The fourth-order valence-corrected chi connectivity index (χ4v) is 3.48. The number of pyridine rings is 1. The number of nitrogens with zero attached hydrogens (tertiary/aromatic N) is 1. The molecular weight excluding hydrogens is 414 g/mol. The van der Waals surface area contributed by atoms with E-state index in [9.17, 15) is 24.0 Å². The number of rotatable bonds is 9. The van der Waals surface area contributed by atoms with Crippen LogP contribution in [0.4, 0.5) is 5.69 Å². The van der Waals surface area contributed by atoms with E-state index >= 15 is 0 Å². The molecule has 0 bridgehead atoms. The maximum atomic E-state index is 12.8. The van der Waals surface area contributed by atoms with Gasteiger partial charge in [0.25, 0.3) is 11.5 Å². The lowest BCUT2D eigenvalue weighted by Crippen LogP contribution is -2.49. The maximum Gasteiger partial charge on any atom is 0.289 e. The highest BCUT2D eigenvalue weighted by molar-refractivity contribution is 6.38. The molecule has 3 rings (SSSR count). The van der Waals surface area contributed by atoms with Gasteiger partial charge in [0.2, 0.25) is 17.6 Å². The van der Waals surface area contributed by atoms with E-state index in [0.29, 0.717) is 13.0 Å². The topological polar surface area (TPSA) is 152 Å². The lowest BCUT2D eigenvalue weighted by molar-refractivity contribution is -0.140. The van der Waals surface area contributed by atoms with Gasteiger partial charge in [0.1, 0.15) is 6.54 Å². The van der Waals surface area contributed by atoms with Crippen LogP contribution in [0.15, 0.2) is 53.5 Å². The lowest BCUT2D eigenvalue weighted by atomic mass is 9.95. The molecule has 0 spiro atoms. The highest BCUT2D eigenvalue weighted by Gasteiger charge is 2.34. The van der Waals surface area contributed by atoms with Gasteiger partial charge >= 0.3 is 0 Å². The molecule has 2 heterocycles. The van der Waals surface area contributed by atoms with Crippen LogP contribution in [-0.2, 0) is 32.3 Å². The van der Waals surface area contributed by atoms with Crippen LogP contribution in [0, 0.1) is 5.92 Å². The van der Waals surface area contributed by atoms with Crippen molar-refractivity contribution < 1.29 is 19.2 Å². The van der Waals surface area contributed by atoms with Crippen molar-refractivity contribution in [3.8, 4) is 0 Å². The number of Topliss-reactive ketones (excluding diaryl/α,β-unsaturated/α-hetero) is 1. The summed E-state index contributed by atoms with van der Waals surface area (Å²) in [6.07, 6.45) is 1.88. The number of nitrogens with one attached hydrogen (secondary N) is 3. The van der Waals surface area contributed by atoms with Gasteiger partial charge in [-0.2, -0.15) is 0 Å². The first-order chi connectivity index (χ1) is 15.3. The number of anilines is 1.